The van der Waals surface area contributed by atoms with E-state index in [0.717, 1.165) is 4.47 Å². The van der Waals surface area contributed by atoms with Gasteiger partial charge in [-0.1, -0.05) is 15.9 Å². The minimum atomic E-state index is -1.07. The van der Waals surface area contributed by atoms with E-state index in [4.69, 9.17) is 5.73 Å². The molecule has 7 nitrogen and oxygen atoms in total. The molecule has 0 bridgehead atoms. The molecule has 0 spiro atoms. The average Bonchev–Trinajstić information content (AvgIpc) is 2.43. The van der Waals surface area contributed by atoms with Crippen LogP contribution in [0.25, 0.3) is 10.9 Å². The first-order valence-corrected chi connectivity index (χ1v) is 6.94. The molecule has 0 fully saturated rings. The van der Waals surface area contributed by atoms with Gasteiger partial charge in [-0.2, -0.15) is 0 Å². The summed E-state index contributed by atoms with van der Waals surface area (Å²) >= 11 is 3.35. The molecular weight excluding hydrogens is 340 g/mol. The molecule has 1 aromatic carbocycles. The highest BCUT2D eigenvalue weighted by Crippen LogP contribution is 2.24. The van der Waals surface area contributed by atoms with Crippen molar-refractivity contribution in [1.82, 2.24) is 9.97 Å². The quantitative estimate of drug-likeness (QED) is 0.725. The van der Waals surface area contributed by atoms with E-state index in [1.807, 2.05) is 6.07 Å². The number of amides is 1. The van der Waals surface area contributed by atoms with Crippen LogP contribution in [0.5, 0.6) is 0 Å². The maximum atomic E-state index is 11.3. The summed E-state index contributed by atoms with van der Waals surface area (Å²) in [5.74, 6) is -1.21. The van der Waals surface area contributed by atoms with E-state index in [1.54, 1.807) is 12.1 Å². The first-order valence-electron chi connectivity index (χ1n) is 6.15. The van der Waals surface area contributed by atoms with E-state index >= 15 is 0 Å². The number of primary amides is 1. The Hall–Kier alpha value is -2.22. The van der Waals surface area contributed by atoms with Gasteiger partial charge in [0.1, 0.15) is 18.2 Å². The highest BCUT2D eigenvalue weighted by Gasteiger charge is 2.19. The third kappa shape index (κ3) is 3.88. The number of aromatic nitrogens is 2. The number of nitrogens with one attached hydrogen (secondary N) is 1. The zero-order valence-electron chi connectivity index (χ0n) is 10.9. The molecule has 0 aliphatic heterocycles. The molecular formula is C13H13BrN4O3. The van der Waals surface area contributed by atoms with Gasteiger partial charge < -0.3 is 16.2 Å². The molecule has 1 atom stereocenters. The van der Waals surface area contributed by atoms with Crippen molar-refractivity contribution >= 4 is 44.5 Å². The number of hydrogen-bond donors (Lipinski definition) is 3. The van der Waals surface area contributed by atoms with Crippen LogP contribution in [0, 0.1) is 0 Å². The number of carbonyl (C=O) groups excluding carboxylic acids is 1. The number of benzene rings is 1. The lowest BCUT2D eigenvalue weighted by molar-refractivity contribution is -0.138. The second-order valence-corrected chi connectivity index (χ2v) is 5.34. The number of halogens is 1. The lowest BCUT2D eigenvalue weighted by atomic mass is 10.1. The van der Waals surface area contributed by atoms with Crippen molar-refractivity contribution in [3.05, 3.63) is 29.0 Å². The zero-order valence-corrected chi connectivity index (χ0v) is 12.5. The predicted molar refractivity (Wildman–Crippen MR) is 80.7 cm³/mol. The number of aliphatic carboxylic acids is 1. The number of nitrogens with two attached hydrogens (primary N) is 1. The van der Waals surface area contributed by atoms with Crippen LogP contribution < -0.4 is 11.1 Å². The average molecular weight is 353 g/mol. The molecule has 4 N–H and O–H groups in total. The molecule has 0 aliphatic rings. The van der Waals surface area contributed by atoms with Crippen LogP contribution >= 0.6 is 15.9 Å². The van der Waals surface area contributed by atoms with Crippen molar-refractivity contribution in [2.24, 2.45) is 5.73 Å². The molecule has 1 amide bonds. The highest BCUT2D eigenvalue weighted by molar-refractivity contribution is 9.10. The van der Waals surface area contributed by atoms with Gasteiger partial charge >= 0.3 is 5.97 Å². The molecule has 1 aromatic heterocycles. The Kier molecular flexibility index (Phi) is 4.69. The lowest BCUT2D eigenvalue weighted by Gasteiger charge is -2.15. The monoisotopic (exact) mass is 352 g/mol. The van der Waals surface area contributed by atoms with Gasteiger partial charge in [0, 0.05) is 16.3 Å². The van der Waals surface area contributed by atoms with Crippen LogP contribution in [0.3, 0.4) is 0 Å². The lowest BCUT2D eigenvalue weighted by Crippen LogP contribution is -2.31. The highest BCUT2D eigenvalue weighted by atomic mass is 79.9. The molecule has 0 saturated heterocycles. The fourth-order valence-corrected chi connectivity index (χ4v) is 2.21. The summed E-state index contributed by atoms with van der Waals surface area (Å²) in [5.41, 5.74) is 5.74. The maximum absolute atomic E-state index is 11.3. The number of hydrogen-bond acceptors (Lipinski definition) is 5. The summed E-state index contributed by atoms with van der Waals surface area (Å²) in [6.07, 6.45) is 1.42. The minimum Gasteiger partial charge on any atom is -0.480 e. The Morgan fingerprint density at radius 2 is 2.14 bits per heavy atom. The van der Waals surface area contributed by atoms with Gasteiger partial charge in [-0.05, 0) is 24.6 Å². The molecule has 2 rings (SSSR count). The number of carboxylic acids is 1. The zero-order chi connectivity index (χ0) is 15.4. The number of rotatable bonds is 6. The van der Waals surface area contributed by atoms with Crippen molar-refractivity contribution in [2.45, 2.75) is 18.9 Å². The third-order valence-corrected chi connectivity index (χ3v) is 3.38. The van der Waals surface area contributed by atoms with E-state index in [9.17, 15) is 14.7 Å². The van der Waals surface area contributed by atoms with Gasteiger partial charge in [-0.15, -0.1) is 0 Å². The second-order valence-electron chi connectivity index (χ2n) is 4.42. The van der Waals surface area contributed by atoms with Crippen molar-refractivity contribution < 1.29 is 14.7 Å². The third-order valence-electron chi connectivity index (χ3n) is 2.89. The van der Waals surface area contributed by atoms with Gasteiger partial charge in [0.25, 0.3) is 0 Å². The molecule has 0 aliphatic carbocycles. The minimum absolute atomic E-state index is 0.0172. The summed E-state index contributed by atoms with van der Waals surface area (Å²) in [4.78, 5) is 30.2. The first kappa shape index (κ1) is 15.2. The summed E-state index contributed by atoms with van der Waals surface area (Å²) < 4.78 is 0.830. The van der Waals surface area contributed by atoms with Crippen molar-refractivity contribution in [2.75, 3.05) is 5.32 Å². The maximum Gasteiger partial charge on any atom is 0.326 e. The van der Waals surface area contributed by atoms with Gasteiger partial charge in [-0.3, -0.25) is 4.79 Å². The Morgan fingerprint density at radius 1 is 1.38 bits per heavy atom. The van der Waals surface area contributed by atoms with Gasteiger partial charge in [-0.25, -0.2) is 14.8 Å². The van der Waals surface area contributed by atoms with Crippen molar-refractivity contribution in [3.63, 3.8) is 0 Å². The van der Waals surface area contributed by atoms with Crippen LogP contribution in [0.4, 0.5) is 5.82 Å². The molecule has 110 valence electrons. The number of carbonyl (C=O) groups is 2. The molecule has 1 unspecified atom stereocenters. The van der Waals surface area contributed by atoms with E-state index in [1.165, 1.54) is 6.33 Å². The molecule has 0 saturated carbocycles. The van der Waals surface area contributed by atoms with E-state index < -0.39 is 17.9 Å². The Labute approximate surface area is 128 Å². The SMILES string of the molecule is NC(=O)CCC(Nc1ncnc2ccc(Br)cc12)C(=O)O. The largest absolute Gasteiger partial charge is 0.480 e. The fraction of sp³-hybridized carbons (Fsp3) is 0.231. The Bertz CT molecular complexity index is 692. The van der Waals surface area contributed by atoms with Crippen LogP contribution in [0.1, 0.15) is 12.8 Å². The molecule has 21 heavy (non-hydrogen) atoms. The fourth-order valence-electron chi connectivity index (χ4n) is 1.85. The van der Waals surface area contributed by atoms with Crippen LogP contribution in [-0.2, 0) is 9.59 Å². The number of nitrogens with zero attached hydrogens (tertiary/aromatic N) is 2. The molecule has 2 aromatic rings. The summed E-state index contributed by atoms with van der Waals surface area (Å²) in [6.45, 7) is 0. The van der Waals surface area contributed by atoms with Gasteiger partial charge in [0.15, 0.2) is 0 Å². The Morgan fingerprint density at radius 3 is 2.81 bits per heavy atom. The summed E-state index contributed by atoms with van der Waals surface area (Å²) in [5, 5.41) is 12.7. The summed E-state index contributed by atoms with van der Waals surface area (Å²) in [7, 11) is 0. The van der Waals surface area contributed by atoms with Gasteiger partial charge in [0.2, 0.25) is 5.91 Å². The molecule has 8 heteroatoms. The van der Waals surface area contributed by atoms with Crippen LogP contribution in [0.2, 0.25) is 0 Å². The Balaban J connectivity index is 2.30. The van der Waals surface area contributed by atoms with Crippen LogP contribution in [0.15, 0.2) is 29.0 Å². The number of carboxylic acid groups (broad SMARTS) is 1. The first-order chi connectivity index (χ1) is 9.97. The van der Waals surface area contributed by atoms with E-state index in [2.05, 4.69) is 31.2 Å². The topological polar surface area (TPSA) is 118 Å². The van der Waals surface area contributed by atoms with E-state index in [0.29, 0.717) is 16.7 Å². The number of fused-ring (bicyclic) bond motifs is 1. The standard InChI is InChI=1S/C13H13BrN4O3/c14-7-1-2-9-8(5-7)12(17-6-16-9)18-10(13(20)21)3-4-11(15)19/h1-2,5-6,10H,3-4H2,(H2,15,19)(H,20,21)(H,16,17,18). The number of anilines is 1. The van der Waals surface area contributed by atoms with Crippen molar-refractivity contribution in [1.29, 1.82) is 0 Å². The predicted octanol–water partition coefficient (Wildman–Crippen LogP) is 1.52. The van der Waals surface area contributed by atoms with Crippen LogP contribution in [-0.4, -0.2) is 33.0 Å². The normalized spacial score (nSPS) is 12.0. The second kappa shape index (κ2) is 6.49. The molecule has 1 heterocycles. The van der Waals surface area contributed by atoms with Crippen molar-refractivity contribution in [3.8, 4) is 0 Å². The molecule has 0 radical (unpaired) electrons. The van der Waals surface area contributed by atoms with Gasteiger partial charge in [0.05, 0.1) is 5.52 Å². The van der Waals surface area contributed by atoms with E-state index in [-0.39, 0.29) is 12.8 Å². The smallest absolute Gasteiger partial charge is 0.326 e. The summed E-state index contributed by atoms with van der Waals surface area (Å²) in [6, 6.07) is 4.48.